The molecule has 1 aliphatic heterocycles. The van der Waals surface area contributed by atoms with Crippen molar-refractivity contribution in [2.75, 3.05) is 13.2 Å². The fourth-order valence-corrected chi connectivity index (χ4v) is 3.58. The molecule has 0 saturated carbocycles. The van der Waals surface area contributed by atoms with Gasteiger partial charge in [-0.05, 0) is 59.1 Å². The van der Waals surface area contributed by atoms with E-state index in [0.717, 1.165) is 28.9 Å². The predicted molar refractivity (Wildman–Crippen MR) is 133 cm³/mol. The van der Waals surface area contributed by atoms with E-state index in [9.17, 15) is 20.1 Å². The third-order valence-electron chi connectivity index (χ3n) is 5.38. The fourth-order valence-electron chi connectivity index (χ4n) is 3.58. The lowest BCUT2D eigenvalue weighted by molar-refractivity contribution is -0.278. The summed E-state index contributed by atoms with van der Waals surface area (Å²) in [4.78, 5) is 11.6. The summed E-state index contributed by atoms with van der Waals surface area (Å²) < 4.78 is 107. The Labute approximate surface area is 230 Å². The Balaban J connectivity index is 2.00. The zero-order valence-electron chi connectivity index (χ0n) is 30.8. The van der Waals surface area contributed by atoms with E-state index >= 15 is 0 Å². The van der Waals surface area contributed by atoms with Gasteiger partial charge in [-0.1, -0.05) is 12.1 Å². The second-order valence-electron chi connectivity index (χ2n) is 8.33. The van der Waals surface area contributed by atoms with Crippen LogP contribution in [0.1, 0.15) is 71.0 Å². The lowest BCUT2D eigenvalue weighted by Crippen LogP contribution is -2.60. The van der Waals surface area contributed by atoms with E-state index in [0.29, 0.717) is 0 Å². The standard InChI is InChI=1S/C26H38N2O9/c1-7-33-26(32)34-13-20-21(29)22(30)23(31)25(36-20)37-24-19(16(6)28(27-24)14(2)3)12-17-8-10-18(11-9-17)35-15(4)5/h8-11,14-15,20-23,25,29-31H,7,12-13H2,1-6H3/t20-,21-,22+,23-,25+/m1/s1/i4D3,5D3,12D2,14D,15D. The van der Waals surface area contributed by atoms with E-state index < -0.39 is 81.5 Å². The van der Waals surface area contributed by atoms with E-state index in [2.05, 4.69) is 9.84 Å². The topological polar surface area (TPSA) is 142 Å². The molecule has 1 saturated heterocycles. The molecule has 0 bridgehead atoms. The van der Waals surface area contributed by atoms with Crippen LogP contribution in [0.3, 0.4) is 0 Å². The lowest BCUT2D eigenvalue weighted by atomic mass is 9.99. The molecule has 11 nitrogen and oxygen atoms in total. The van der Waals surface area contributed by atoms with Gasteiger partial charge in [0, 0.05) is 34.6 Å². The number of rotatable bonds is 10. The molecule has 2 heterocycles. The van der Waals surface area contributed by atoms with Crippen LogP contribution in [-0.4, -0.2) is 81.3 Å². The van der Waals surface area contributed by atoms with Crippen molar-refractivity contribution >= 4 is 6.16 Å². The number of benzene rings is 1. The van der Waals surface area contributed by atoms with Gasteiger partial charge in [0.1, 0.15) is 36.8 Å². The molecule has 0 amide bonds. The summed E-state index contributed by atoms with van der Waals surface area (Å²) in [6.07, 6.45) is -15.6. The molecular formula is C26H38N2O9. The van der Waals surface area contributed by atoms with Gasteiger partial charge < -0.3 is 39.0 Å². The molecule has 0 aliphatic carbocycles. The fraction of sp³-hybridized carbons (Fsp3) is 0.615. The van der Waals surface area contributed by atoms with Crippen molar-refractivity contribution in [1.82, 2.24) is 9.78 Å². The molecular weight excluding hydrogens is 484 g/mol. The zero-order chi connectivity index (χ0) is 35.9. The zero-order valence-corrected chi connectivity index (χ0v) is 20.8. The van der Waals surface area contributed by atoms with Gasteiger partial charge in [-0.2, -0.15) is 0 Å². The van der Waals surface area contributed by atoms with Crippen LogP contribution in [0.15, 0.2) is 24.3 Å². The Kier molecular flexibility index (Phi) is 5.99. The third kappa shape index (κ3) is 7.13. The normalized spacial score (nSPS) is 29.4. The first-order valence-corrected chi connectivity index (χ1v) is 11.4. The summed E-state index contributed by atoms with van der Waals surface area (Å²) >= 11 is 0. The largest absolute Gasteiger partial charge is 0.508 e. The van der Waals surface area contributed by atoms with E-state index in [1.54, 1.807) is 0 Å². The summed E-state index contributed by atoms with van der Waals surface area (Å²) in [5.41, 5.74) is -0.241. The van der Waals surface area contributed by atoms with Crippen LogP contribution in [0.2, 0.25) is 0 Å². The molecule has 0 radical (unpaired) electrons. The van der Waals surface area contributed by atoms with Crippen molar-refractivity contribution in [3.63, 3.8) is 0 Å². The minimum absolute atomic E-state index is 0.00432. The Morgan fingerprint density at radius 2 is 1.89 bits per heavy atom. The number of ether oxygens (including phenoxy) is 5. The first-order valence-electron chi connectivity index (χ1n) is 16.4. The second-order valence-corrected chi connectivity index (χ2v) is 8.33. The minimum atomic E-state index is -3.37. The Morgan fingerprint density at radius 1 is 1.19 bits per heavy atom. The molecule has 1 aromatic carbocycles. The van der Waals surface area contributed by atoms with E-state index in [4.69, 9.17) is 32.7 Å². The molecule has 1 fully saturated rings. The van der Waals surface area contributed by atoms with Crippen molar-refractivity contribution in [3.05, 3.63) is 41.1 Å². The number of aliphatic hydroxyl groups is 3. The molecule has 0 unspecified atom stereocenters. The number of nitrogens with zero attached hydrogens (tertiary/aromatic N) is 2. The molecule has 37 heavy (non-hydrogen) atoms. The van der Waals surface area contributed by atoms with E-state index in [-0.39, 0.29) is 29.2 Å². The number of aliphatic hydroxyl groups excluding tert-OH is 3. The maximum absolute atomic E-state index is 11.6. The smallest absolute Gasteiger partial charge is 0.491 e. The number of carbonyl (C=O) groups is 1. The van der Waals surface area contributed by atoms with Gasteiger partial charge in [0.15, 0.2) is 0 Å². The summed E-state index contributed by atoms with van der Waals surface area (Å²) in [5.74, 6) is -0.814. The Hall–Kier alpha value is -2.86. The van der Waals surface area contributed by atoms with Gasteiger partial charge in [-0.3, -0.25) is 4.68 Å². The monoisotopic (exact) mass is 532 g/mol. The number of aromatic nitrogens is 2. The maximum Gasteiger partial charge on any atom is 0.508 e. The van der Waals surface area contributed by atoms with Crippen molar-refractivity contribution in [3.8, 4) is 11.6 Å². The highest BCUT2D eigenvalue weighted by atomic mass is 16.7. The van der Waals surface area contributed by atoms with E-state index in [1.807, 2.05) is 0 Å². The number of hydrogen-bond donors (Lipinski definition) is 3. The van der Waals surface area contributed by atoms with Crippen LogP contribution in [0.5, 0.6) is 11.6 Å². The highest BCUT2D eigenvalue weighted by molar-refractivity contribution is 5.59. The Bertz CT molecular complexity index is 1380. The summed E-state index contributed by atoms with van der Waals surface area (Å²) in [5, 5.41) is 35.8. The van der Waals surface area contributed by atoms with Gasteiger partial charge in [-0.15, -0.1) is 5.10 Å². The molecule has 3 N–H and O–H groups in total. The summed E-state index contributed by atoms with van der Waals surface area (Å²) in [7, 11) is 0. The van der Waals surface area contributed by atoms with Crippen LogP contribution in [0.25, 0.3) is 0 Å². The first kappa shape index (κ1) is 17.6. The molecule has 3 rings (SSSR count). The van der Waals surface area contributed by atoms with Crippen LogP contribution in [0, 0.1) is 6.92 Å². The third-order valence-corrected chi connectivity index (χ3v) is 5.38. The minimum Gasteiger partial charge on any atom is -0.491 e. The lowest BCUT2D eigenvalue weighted by Gasteiger charge is -2.39. The molecule has 0 spiro atoms. The average molecular weight is 533 g/mol. The van der Waals surface area contributed by atoms with Crippen LogP contribution in [0.4, 0.5) is 4.79 Å². The van der Waals surface area contributed by atoms with E-state index in [1.165, 1.54) is 27.7 Å². The van der Waals surface area contributed by atoms with Crippen molar-refractivity contribution in [1.29, 1.82) is 0 Å². The van der Waals surface area contributed by atoms with Gasteiger partial charge in [0.05, 0.1) is 15.4 Å². The highest BCUT2D eigenvalue weighted by Gasteiger charge is 2.46. The summed E-state index contributed by atoms with van der Waals surface area (Å²) in [6.45, 7) is -1.43. The van der Waals surface area contributed by atoms with Crippen molar-refractivity contribution in [2.45, 2.75) is 90.6 Å². The first-order chi connectivity index (χ1) is 21.4. The maximum atomic E-state index is 11.6. The van der Waals surface area contributed by atoms with Crippen molar-refractivity contribution < 1.29 is 57.5 Å². The van der Waals surface area contributed by atoms with Gasteiger partial charge in [0.25, 0.3) is 0 Å². The molecule has 5 atom stereocenters. The quantitative estimate of drug-likeness (QED) is 0.391. The highest BCUT2D eigenvalue weighted by Crippen LogP contribution is 2.31. The second kappa shape index (κ2) is 12.6. The summed E-state index contributed by atoms with van der Waals surface area (Å²) in [6, 6.07) is 3.03. The van der Waals surface area contributed by atoms with Crippen LogP contribution < -0.4 is 9.47 Å². The van der Waals surface area contributed by atoms with Gasteiger partial charge in [-0.25, -0.2) is 4.79 Å². The van der Waals surface area contributed by atoms with Crippen LogP contribution >= 0.6 is 0 Å². The van der Waals surface area contributed by atoms with Gasteiger partial charge >= 0.3 is 6.16 Å². The number of carbonyl (C=O) groups excluding carboxylic acids is 1. The molecule has 2 aromatic rings. The van der Waals surface area contributed by atoms with Gasteiger partial charge in [0.2, 0.25) is 12.2 Å². The predicted octanol–water partition coefficient (Wildman–Crippen LogP) is 2.51. The SMILES string of the molecule is [2H]C([2H])(c1ccc(OC([2H])(C([2H])([2H])[2H])C([2H])([2H])[2H])cc1)c1c(O[C@@H]2O[C@H](COC(=O)OCC)[C@@H](O)[C@H](O)[C@H]2O)nn(C([2H])(C)C)c1C. The van der Waals surface area contributed by atoms with Crippen molar-refractivity contribution in [2.24, 2.45) is 0 Å². The molecule has 1 aromatic heterocycles. The van der Waals surface area contributed by atoms with Crippen LogP contribution in [-0.2, 0) is 20.6 Å². The average Bonchev–Trinajstić information content (AvgIpc) is 3.28. The molecule has 206 valence electrons. The molecule has 11 heteroatoms. The Morgan fingerprint density at radius 3 is 2.51 bits per heavy atom. The molecule has 1 aliphatic rings. The number of hydrogen-bond acceptors (Lipinski definition) is 10.